The molecule has 0 amide bonds. The Morgan fingerprint density at radius 2 is 1.88 bits per heavy atom. The molecule has 0 spiro atoms. The second-order valence-corrected chi connectivity index (χ2v) is 5.24. The van der Waals surface area contributed by atoms with Gasteiger partial charge in [0, 0.05) is 6.07 Å². The van der Waals surface area contributed by atoms with Crippen molar-refractivity contribution in [3.05, 3.63) is 53.6 Å². The lowest BCUT2D eigenvalue weighted by Gasteiger charge is -2.11. The molecule has 5 nitrogen and oxygen atoms in total. The van der Waals surface area contributed by atoms with E-state index < -0.39 is 18.3 Å². The highest BCUT2D eigenvalue weighted by Crippen LogP contribution is 2.30. The van der Waals surface area contributed by atoms with Crippen molar-refractivity contribution in [3.63, 3.8) is 0 Å². The summed E-state index contributed by atoms with van der Waals surface area (Å²) in [4.78, 5) is 9.04. The molecule has 1 aromatic carbocycles. The monoisotopic (exact) mass is 356 g/mol. The standard InChI is InChI=1S/C16H12F4N2O3/c1-9-13(17)6-12(8-21-9)23-15-7-14(25-22-15)10-2-4-11(5-3-10)24-16(18,19)20/h2-6,8,14H,7H2,1H3/t14-/m1/s1. The molecule has 3 rings (SSSR count). The molecule has 0 radical (unpaired) electrons. The molecule has 0 N–H and O–H groups in total. The minimum absolute atomic E-state index is 0.181. The molecule has 132 valence electrons. The van der Waals surface area contributed by atoms with Crippen molar-refractivity contribution in [2.75, 3.05) is 0 Å². The van der Waals surface area contributed by atoms with Gasteiger partial charge in [0.15, 0.2) is 6.10 Å². The van der Waals surface area contributed by atoms with Gasteiger partial charge >= 0.3 is 6.36 Å². The van der Waals surface area contributed by atoms with E-state index in [-0.39, 0.29) is 29.5 Å². The summed E-state index contributed by atoms with van der Waals surface area (Å²) in [5.41, 5.74) is 0.848. The first-order valence-electron chi connectivity index (χ1n) is 7.18. The van der Waals surface area contributed by atoms with Crippen LogP contribution < -0.4 is 9.47 Å². The molecule has 0 unspecified atom stereocenters. The lowest BCUT2D eigenvalue weighted by molar-refractivity contribution is -0.274. The summed E-state index contributed by atoms with van der Waals surface area (Å²) in [5, 5.41) is 3.76. The maximum atomic E-state index is 13.4. The molecular weight excluding hydrogens is 344 g/mol. The summed E-state index contributed by atoms with van der Waals surface area (Å²) in [5.74, 6) is -0.438. The average molecular weight is 356 g/mol. The molecule has 1 aliphatic rings. The number of hydrogen-bond acceptors (Lipinski definition) is 5. The molecular formula is C16H12F4N2O3. The Hall–Kier alpha value is -2.84. The number of hydrogen-bond donors (Lipinski definition) is 0. The molecule has 1 atom stereocenters. The Kier molecular flexibility index (Phi) is 4.47. The van der Waals surface area contributed by atoms with Gasteiger partial charge in [-0.15, -0.1) is 13.2 Å². The molecule has 9 heteroatoms. The number of benzene rings is 1. The number of pyridine rings is 1. The van der Waals surface area contributed by atoms with E-state index in [1.807, 2.05) is 0 Å². The van der Waals surface area contributed by atoms with Gasteiger partial charge < -0.3 is 14.3 Å². The van der Waals surface area contributed by atoms with Gasteiger partial charge in [-0.3, -0.25) is 4.98 Å². The Labute approximate surface area is 139 Å². The van der Waals surface area contributed by atoms with Crippen LogP contribution in [0.25, 0.3) is 0 Å². The first-order valence-corrected chi connectivity index (χ1v) is 7.18. The van der Waals surface area contributed by atoms with Gasteiger partial charge in [-0.25, -0.2) is 4.39 Å². The number of nitrogens with zero attached hydrogens (tertiary/aromatic N) is 2. The molecule has 2 heterocycles. The molecule has 0 bridgehead atoms. The third kappa shape index (κ3) is 4.37. The Morgan fingerprint density at radius 1 is 1.16 bits per heavy atom. The number of ether oxygens (including phenoxy) is 2. The SMILES string of the molecule is Cc1ncc(OC2=NO[C@@H](c3ccc(OC(F)(F)F)cc3)C2)cc1F. The molecule has 25 heavy (non-hydrogen) atoms. The molecule has 0 aliphatic carbocycles. The maximum absolute atomic E-state index is 13.4. The van der Waals surface area contributed by atoms with Crippen molar-refractivity contribution in [2.24, 2.45) is 5.16 Å². The van der Waals surface area contributed by atoms with Crippen molar-refractivity contribution >= 4 is 5.90 Å². The topological polar surface area (TPSA) is 52.9 Å². The van der Waals surface area contributed by atoms with E-state index in [9.17, 15) is 17.6 Å². The normalized spacial score (nSPS) is 17.0. The van der Waals surface area contributed by atoms with Crippen LogP contribution in [0.15, 0.2) is 41.7 Å². The van der Waals surface area contributed by atoms with Gasteiger partial charge in [0.25, 0.3) is 0 Å². The van der Waals surface area contributed by atoms with Gasteiger partial charge in [0.2, 0.25) is 5.90 Å². The highest BCUT2D eigenvalue weighted by Gasteiger charge is 2.31. The van der Waals surface area contributed by atoms with Crippen molar-refractivity contribution in [1.82, 2.24) is 4.98 Å². The Morgan fingerprint density at radius 3 is 2.52 bits per heavy atom. The lowest BCUT2D eigenvalue weighted by atomic mass is 10.1. The van der Waals surface area contributed by atoms with Gasteiger partial charge in [-0.1, -0.05) is 17.3 Å². The Bertz CT molecular complexity index is 791. The van der Waals surface area contributed by atoms with Crippen LogP contribution in [-0.2, 0) is 4.84 Å². The minimum Gasteiger partial charge on any atom is -0.438 e. The second-order valence-electron chi connectivity index (χ2n) is 5.24. The molecule has 1 aliphatic heterocycles. The average Bonchev–Trinajstić information content (AvgIpc) is 2.99. The van der Waals surface area contributed by atoms with Crippen LogP contribution >= 0.6 is 0 Å². The summed E-state index contributed by atoms with van der Waals surface area (Å²) >= 11 is 0. The van der Waals surface area contributed by atoms with Crippen LogP contribution in [0.2, 0.25) is 0 Å². The smallest absolute Gasteiger partial charge is 0.438 e. The predicted molar refractivity (Wildman–Crippen MR) is 78.6 cm³/mol. The summed E-state index contributed by atoms with van der Waals surface area (Å²) in [7, 11) is 0. The predicted octanol–water partition coefficient (Wildman–Crippen LogP) is 4.28. The minimum atomic E-state index is -4.74. The third-order valence-corrected chi connectivity index (χ3v) is 3.36. The lowest BCUT2D eigenvalue weighted by Crippen LogP contribution is -2.17. The third-order valence-electron chi connectivity index (χ3n) is 3.36. The largest absolute Gasteiger partial charge is 0.573 e. The van der Waals surface area contributed by atoms with E-state index in [4.69, 9.17) is 9.57 Å². The van der Waals surface area contributed by atoms with Gasteiger partial charge in [0.1, 0.15) is 17.3 Å². The van der Waals surface area contributed by atoms with Crippen molar-refractivity contribution in [2.45, 2.75) is 25.8 Å². The van der Waals surface area contributed by atoms with Crippen LogP contribution in [0.4, 0.5) is 17.6 Å². The van der Waals surface area contributed by atoms with E-state index in [2.05, 4.69) is 14.9 Å². The van der Waals surface area contributed by atoms with Crippen LogP contribution in [0.5, 0.6) is 11.5 Å². The number of rotatable bonds is 3. The fraction of sp³-hybridized carbons (Fsp3) is 0.250. The Balaban J connectivity index is 1.61. The molecule has 2 aromatic rings. The van der Waals surface area contributed by atoms with Crippen LogP contribution in [-0.4, -0.2) is 17.2 Å². The second kappa shape index (κ2) is 6.58. The zero-order chi connectivity index (χ0) is 18.0. The van der Waals surface area contributed by atoms with E-state index in [1.165, 1.54) is 43.5 Å². The van der Waals surface area contributed by atoms with Gasteiger partial charge in [-0.2, -0.15) is 0 Å². The highest BCUT2D eigenvalue weighted by atomic mass is 19.4. The first-order chi connectivity index (χ1) is 11.8. The quantitative estimate of drug-likeness (QED) is 0.771. The number of alkyl halides is 3. The number of aryl methyl sites for hydroxylation is 1. The van der Waals surface area contributed by atoms with Crippen LogP contribution in [0, 0.1) is 12.7 Å². The van der Waals surface area contributed by atoms with Gasteiger partial charge in [0.05, 0.1) is 18.3 Å². The number of aromatic nitrogens is 1. The summed E-state index contributed by atoms with van der Waals surface area (Å²) in [6.45, 7) is 1.53. The highest BCUT2D eigenvalue weighted by molar-refractivity contribution is 5.79. The fourth-order valence-corrected chi connectivity index (χ4v) is 2.16. The first kappa shape index (κ1) is 17.0. The van der Waals surface area contributed by atoms with E-state index in [0.29, 0.717) is 5.56 Å². The fourth-order valence-electron chi connectivity index (χ4n) is 2.16. The van der Waals surface area contributed by atoms with E-state index >= 15 is 0 Å². The molecule has 0 fully saturated rings. The van der Waals surface area contributed by atoms with Crippen molar-refractivity contribution in [1.29, 1.82) is 0 Å². The maximum Gasteiger partial charge on any atom is 0.573 e. The van der Waals surface area contributed by atoms with Crippen LogP contribution in [0.1, 0.15) is 23.8 Å². The van der Waals surface area contributed by atoms with Crippen molar-refractivity contribution in [3.8, 4) is 11.5 Å². The summed E-state index contributed by atoms with van der Waals surface area (Å²) in [6, 6.07) is 6.44. The van der Waals surface area contributed by atoms with Crippen molar-refractivity contribution < 1.29 is 31.9 Å². The zero-order valence-electron chi connectivity index (χ0n) is 12.9. The molecule has 1 aromatic heterocycles. The van der Waals surface area contributed by atoms with Crippen LogP contribution in [0.3, 0.4) is 0 Å². The molecule has 0 saturated carbocycles. The van der Waals surface area contributed by atoms with Gasteiger partial charge in [-0.05, 0) is 24.6 Å². The van der Waals surface area contributed by atoms with E-state index in [0.717, 1.165) is 0 Å². The summed E-state index contributed by atoms with van der Waals surface area (Å²) in [6.07, 6.45) is -3.66. The number of oxime groups is 1. The summed E-state index contributed by atoms with van der Waals surface area (Å²) < 4.78 is 59.1. The number of halogens is 4. The van der Waals surface area contributed by atoms with E-state index in [1.54, 1.807) is 0 Å². The molecule has 0 saturated heterocycles. The zero-order valence-corrected chi connectivity index (χ0v) is 12.9.